The lowest BCUT2D eigenvalue weighted by Gasteiger charge is -2.10. The van der Waals surface area contributed by atoms with E-state index >= 15 is 0 Å². The molecule has 2 nitrogen and oxygen atoms in total. The van der Waals surface area contributed by atoms with Crippen molar-refractivity contribution in [2.24, 2.45) is 0 Å². The standard InChI is InChI=1S/C13H10F3NO/c14-9-1-2-12(17-7-9)13(18)5-8-3-10(15)6-11(16)4-8/h1-4,6-7,13,18H,5H2. The summed E-state index contributed by atoms with van der Waals surface area (Å²) < 4.78 is 38.5. The van der Waals surface area contributed by atoms with Gasteiger partial charge >= 0.3 is 0 Å². The van der Waals surface area contributed by atoms with Crippen molar-refractivity contribution in [1.29, 1.82) is 0 Å². The lowest BCUT2D eigenvalue weighted by Crippen LogP contribution is -2.05. The van der Waals surface area contributed by atoms with Crippen LogP contribution in [0, 0.1) is 17.5 Å². The van der Waals surface area contributed by atoms with E-state index in [9.17, 15) is 18.3 Å². The van der Waals surface area contributed by atoms with E-state index in [1.54, 1.807) is 0 Å². The molecule has 0 spiro atoms. The van der Waals surface area contributed by atoms with Crippen LogP contribution >= 0.6 is 0 Å². The number of pyridine rings is 1. The van der Waals surface area contributed by atoms with Gasteiger partial charge < -0.3 is 5.11 Å². The van der Waals surface area contributed by atoms with Crippen molar-refractivity contribution in [3.05, 3.63) is 65.2 Å². The van der Waals surface area contributed by atoms with Gasteiger partial charge in [0.05, 0.1) is 18.0 Å². The van der Waals surface area contributed by atoms with Crippen molar-refractivity contribution < 1.29 is 18.3 Å². The third-order valence-corrected chi connectivity index (χ3v) is 2.44. The van der Waals surface area contributed by atoms with E-state index < -0.39 is 23.6 Å². The van der Waals surface area contributed by atoms with Crippen LogP contribution in [0.1, 0.15) is 17.4 Å². The normalized spacial score (nSPS) is 12.4. The van der Waals surface area contributed by atoms with Gasteiger partial charge in [0.25, 0.3) is 0 Å². The number of benzene rings is 1. The van der Waals surface area contributed by atoms with Crippen LogP contribution in [0.3, 0.4) is 0 Å². The van der Waals surface area contributed by atoms with Crippen molar-refractivity contribution in [1.82, 2.24) is 4.98 Å². The molecule has 0 aliphatic rings. The number of hydrogen-bond donors (Lipinski definition) is 1. The number of nitrogens with zero attached hydrogens (tertiary/aromatic N) is 1. The van der Waals surface area contributed by atoms with Crippen LogP contribution in [0.2, 0.25) is 0 Å². The van der Waals surface area contributed by atoms with Gasteiger partial charge in [0.2, 0.25) is 0 Å². The van der Waals surface area contributed by atoms with Gasteiger partial charge in [0.1, 0.15) is 17.5 Å². The molecule has 1 aromatic heterocycles. The van der Waals surface area contributed by atoms with Crippen LogP contribution in [0.25, 0.3) is 0 Å². The fourth-order valence-electron chi connectivity index (χ4n) is 1.64. The van der Waals surface area contributed by atoms with Gasteiger partial charge in [-0.15, -0.1) is 0 Å². The summed E-state index contributed by atoms with van der Waals surface area (Å²) in [6.45, 7) is 0. The van der Waals surface area contributed by atoms with Gasteiger partial charge in [0, 0.05) is 12.5 Å². The summed E-state index contributed by atoms with van der Waals surface area (Å²) in [5, 5.41) is 9.82. The molecule has 1 atom stereocenters. The smallest absolute Gasteiger partial charge is 0.141 e. The van der Waals surface area contributed by atoms with Crippen LogP contribution in [0.15, 0.2) is 36.5 Å². The Hall–Kier alpha value is -1.88. The highest BCUT2D eigenvalue weighted by Crippen LogP contribution is 2.18. The monoisotopic (exact) mass is 253 g/mol. The second kappa shape index (κ2) is 5.18. The molecule has 0 saturated carbocycles. The van der Waals surface area contributed by atoms with E-state index in [0.29, 0.717) is 5.56 Å². The molecule has 0 bridgehead atoms. The second-order valence-electron chi connectivity index (χ2n) is 3.90. The summed E-state index contributed by atoms with van der Waals surface area (Å²) in [7, 11) is 0. The fraction of sp³-hybridized carbons (Fsp3) is 0.154. The van der Waals surface area contributed by atoms with E-state index in [0.717, 1.165) is 30.5 Å². The van der Waals surface area contributed by atoms with E-state index in [4.69, 9.17) is 0 Å². The molecule has 0 aliphatic carbocycles. The lowest BCUT2D eigenvalue weighted by molar-refractivity contribution is 0.173. The second-order valence-corrected chi connectivity index (χ2v) is 3.90. The number of aliphatic hydroxyl groups excluding tert-OH is 1. The Morgan fingerprint density at radius 2 is 1.67 bits per heavy atom. The van der Waals surface area contributed by atoms with E-state index in [-0.39, 0.29) is 12.1 Å². The lowest BCUT2D eigenvalue weighted by atomic mass is 10.0. The Morgan fingerprint density at radius 1 is 1.00 bits per heavy atom. The van der Waals surface area contributed by atoms with Crippen LogP contribution < -0.4 is 0 Å². The SMILES string of the molecule is OC(Cc1cc(F)cc(F)c1)c1ccc(F)cn1. The number of halogens is 3. The zero-order valence-corrected chi connectivity index (χ0v) is 9.28. The first-order chi connectivity index (χ1) is 8.54. The van der Waals surface area contributed by atoms with Gasteiger partial charge in [-0.2, -0.15) is 0 Å². The van der Waals surface area contributed by atoms with Crippen molar-refractivity contribution in [2.75, 3.05) is 0 Å². The minimum absolute atomic E-state index is 0.00725. The minimum atomic E-state index is -1.04. The largest absolute Gasteiger partial charge is 0.386 e. The Morgan fingerprint density at radius 3 is 2.22 bits per heavy atom. The molecule has 5 heteroatoms. The molecule has 1 heterocycles. The van der Waals surface area contributed by atoms with E-state index in [1.807, 2.05) is 0 Å². The molecular weight excluding hydrogens is 243 g/mol. The van der Waals surface area contributed by atoms with Crippen LogP contribution in [-0.4, -0.2) is 10.1 Å². The number of hydrogen-bond acceptors (Lipinski definition) is 2. The summed E-state index contributed by atoms with van der Waals surface area (Å²) >= 11 is 0. The molecular formula is C13H10F3NO. The topological polar surface area (TPSA) is 33.1 Å². The predicted octanol–water partition coefficient (Wildman–Crippen LogP) is 2.78. The first-order valence-electron chi connectivity index (χ1n) is 5.29. The number of aromatic nitrogens is 1. The minimum Gasteiger partial charge on any atom is -0.386 e. The van der Waals surface area contributed by atoms with Crippen molar-refractivity contribution >= 4 is 0 Å². The third-order valence-electron chi connectivity index (χ3n) is 2.44. The molecule has 0 amide bonds. The summed E-state index contributed by atoms with van der Waals surface area (Å²) in [5.41, 5.74) is 0.562. The molecule has 1 N–H and O–H groups in total. The number of aliphatic hydroxyl groups is 1. The Kier molecular flexibility index (Phi) is 3.62. The highest BCUT2D eigenvalue weighted by Gasteiger charge is 2.11. The van der Waals surface area contributed by atoms with E-state index in [1.165, 1.54) is 6.07 Å². The molecule has 2 aromatic rings. The summed E-state index contributed by atoms with van der Waals surface area (Å²) in [6.07, 6.45) is -0.0512. The zero-order valence-electron chi connectivity index (χ0n) is 9.28. The quantitative estimate of drug-likeness (QED) is 0.912. The first kappa shape index (κ1) is 12.6. The van der Waals surface area contributed by atoms with Gasteiger partial charge in [-0.25, -0.2) is 13.2 Å². The fourth-order valence-corrected chi connectivity index (χ4v) is 1.64. The van der Waals surface area contributed by atoms with Crippen LogP contribution in [-0.2, 0) is 6.42 Å². The molecule has 18 heavy (non-hydrogen) atoms. The zero-order chi connectivity index (χ0) is 13.1. The Labute approximate surface area is 102 Å². The maximum Gasteiger partial charge on any atom is 0.141 e. The first-order valence-corrected chi connectivity index (χ1v) is 5.29. The molecule has 0 saturated heterocycles. The van der Waals surface area contributed by atoms with Gasteiger partial charge in [-0.3, -0.25) is 4.98 Å². The van der Waals surface area contributed by atoms with Crippen LogP contribution in [0.4, 0.5) is 13.2 Å². The maximum absolute atomic E-state index is 12.9. The highest BCUT2D eigenvalue weighted by atomic mass is 19.1. The van der Waals surface area contributed by atoms with Crippen molar-refractivity contribution in [3.63, 3.8) is 0 Å². The summed E-state index contributed by atoms with van der Waals surface area (Å²) in [6, 6.07) is 5.52. The van der Waals surface area contributed by atoms with Gasteiger partial charge in [-0.1, -0.05) is 0 Å². The van der Waals surface area contributed by atoms with Crippen molar-refractivity contribution in [3.8, 4) is 0 Å². The van der Waals surface area contributed by atoms with Crippen molar-refractivity contribution in [2.45, 2.75) is 12.5 Å². The summed E-state index contributed by atoms with van der Waals surface area (Å²) in [5.74, 6) is -1.92. The molecule has 94 valence electrons. The molecule has 1 aromatic carbocycles. The van der Waals surface area contributed by atoms with Gasteiger partial charge in [-0.05, 0) is 29.8 Å². The van der Waals surface area contributed by atoms with Crippen LogP contribution in [0.5, 0.6) is 0 Å². The average molecular weight is 253 g/mol. The third kappa shape index (κ3) is 3.07. The highest BCUT2D eigenvalue weighted by molar-refractivity contribution is 5.20. The average Bonchev–Trinajstić information content (AvgIpc) is 2.28. The Balaban J connectivity index is 2.15. The molecule has 1 unspecified atom stereocenters. The molecule has 0 radical (unpaired) electrons. The predicted molar refractivity (Wildman–Crippen MR) is 59.2 cm³/mol. The molecule has 0 fully saturated rings. The summed E-state index contributed by atoms with van der Waals surface area (Å²) in [4.78, 5) is 3.71. The maximum atomic E-state index is 12.9. The number of rotatable bonds is 3. The molecule has 2 rings (SSSR count). The van der Waals surface area contributed by atoms with Gasteiger partial charge in [0.15, 0.2) is 0 Å². The van der Waals surface area contributed by atoms with E-state index in [2.05, 4.69) is 4.98 Å². The Bertz CT molecular complexity index is 522. The molecule has 0 aliphatic heterocycles.